The van der Waals surface area contributed by atoms with Gasteiger partial charge in [-0.05, 0) is 29.3 Å². The Morgan fingerprint density at radius 1 is 0.914 bits per heavy atom. The van der Waals surface area contributed by atoms with Crippen molar-refractivity contribution < 1.29 is 13.6 Å². The third-order valence-electron chi connectivity index (χ3n) is 6.02. The highest BCUT2D eigenvalue weighted by Gasteiger charge is 2.28. The predicted molar refractivity (Wildman–Crippen MR) is 133 cm³/mol. The van der Waals surface area contributed by atoms with Gasteiger partial charge in [-0.3, -0.25) is 4.79 Å². The van der Waals surface area contributed by atoms with Crippen molar-refractivity contribution in [3.05, 3.63) is 71.6 Å². The van der Waals surface area contributed by atoms with Gasteiger partial charge >= 0.3 is 0 Å². The van der Waals surface area contributed by atoms with Crippen LogP contribution in [0.5, 0.6) is 0 Å². The van der Waals surface area contributed by atoms with E-state index in [0.29, 0.717) is 12.1 Å². The van der Waals surface area contributed by atoms with Gasteiger partial charge < -0.3 is 5.32 Å². The third kappa shape index (κ3) is 8.53. The standard InChI is InChI=1S/C27H35F2N5O/c1-2-3-4-5-6-7-8-9-10-14-19-34-32-26(31-33-34)25(21-15-12-11-13-16-21)27(35)30-24-18-17-22(28)20-23(24)29/h11-13,15-18,20,25H,2-10,14,19H2,1H3,(H,30,35)/t25-/m0/s1. The summed E-state index contributed by atoms with van der Waals surface area (Å²) < 4.78 is 27.3. The molecule has 0 fully saturated rings. The monoisotopic (exact) mass is 483 g/mol. The second-order valence-corrected chi connectivity index (χ2v) is 8.88. The Morgan fingerprint density at radius 2 is 1.57 bits per heavy atom. The Balaban J connectivity index is 1.55. The first-order chi connectivity index (χ1) is 17.1. The number of carbonyl (C=O) groups is 1. The average molecular weight is 484 g/mol. The Hall–Kier alpha value is -3.16. The van der Waals surface area contributed by atoms with E-state index in [4.69, 9.17) is 0 Å². The molecular formula is C27H35F2N5O. The van der Waals surface area contributed by atoms with E-state index < -0.39 is 23.5 Å². The van der Waals surface area contributed by atoms with Gasteiger partial charge in [-0.2, -0.15) is 4.80 Å². The summed E-state index contributed by atoms with van der Waals surface area (Å²) in [6.07, 6.45) is 12.4. The fourth-order valence-corrected chi connectivity index (χ4v) is 4.07. The Labute approximate surface area is 206 Å². The van der Waals surface area contributed by atoms with Gasteiger partial charge in [0, 0.05) is 6.07 Å². The van der Waals surface area contributed by atoms with Gasteiger partial charge in [-0.15, -0.1) is 10.2 Å². The quantitative estimate of drug-likeness (QED) is 0.246. The number of rotatable bonds is 15. The highest BCUT2D eigenvalue weighted by Crippen LogP contribution is 2.25. The molecule has 1 aromatic heterocycles. The summed E-state index contributed by atoms with van der Waals surface area (Å²) in [6.45, 7) is 2.86. The number of nitrogens with zero attached hydrogens (tertiary/aromatic N) is 4. The molecule has 0 bridgehead atoms. The van der Waals surface area contributed by atoms with Crippen molar-refractivity contribution in [1.82, 2.24) is 20.2 Å². The van der Waals surface area contributed by atoms with E-state index in [1.54, 1.807) is 12.1 Å². The van der Waals surface area contributed by atoms with Crippen LogP contribution in [0.15, 0.2) is 48.5 Å². The van der Waals surface area contributed by atoms with E-state index in [9.17, 15) is 13.6 Å². The number of unbranched alkanes of at least 4 members (excludes halogenated alkanes) is 9. The van der Waals surface area contributed by atoms with E-state index in [1.165, 1.54) is 62.2 Å². The molecule has 1 N–H and O–H groups in total. The minimum absolute atomic E-state index is 0.102. The highest BCUT2D eigenvalue weighted by atomic mass is 19.1. The van der Waals surface area contributed by atoms with Crippen LogP contribution in [0.4, 0.5) is 14.5 Å². The zero-order valence-corrected chi connectivity index (χ0v) is 20.4. The zero-order valence-electron chi connectivity index (χ0n) is 20.4. The molecule has 0 aliphatic carbocycles. The number of anilines is 1. The number of halogens is 2. The molecule has 188 valence electrons. The molecule has 0 spiro atoms. The molecular weight excluding hydrogens is 448 g/mol. The number of hydrogen-bond donors (Lipinski definition) is 1. The van der Waals surface area contributed by atoms with Crippen LogP contribution in [0.1, 0.15) is 88.4 Å². The molecule has 0 saturated heterocycles. The van der Waals surface area contributed by atoms with Gasteiger partial charge in [0.1, 0.15) is 17.6 Å². The molecule has 1 amide bonds. The van der Waals surface area contributed by atoms with E-state index in [1.807, 2.05) is 18.2 Å². The topological polar surface area (TPSA) is 72.7 Å². The fourth-order valence-electron chi connectivity index (χ4n) is 4.07. The Morgan fingerprint density at radius 3 is 2.23 bits per heavy atom. The number of benzene rings is 2. The van der Waals surface area contributed by atoms with Crippen molar-refractivity contribution in [1.29, 1.82) is 0 Å². The SMILES string of the molecule is CCCCCCCCCCCCn1nnc([C@@H](C(=O)Nc2ccc(F)cc2F)c2ccccc2)n1. The number of nitrogens with one attached hydrogen (secondary N) is 1. The zero-order chi connectivity index (χ0) is 24.9. The van der Waals surface area contributed by atoms with Crippen molar-refractivity contribution in [2.75, 3.05) is 5.32 Å². The summed E-state index contributed by atoms with van der Waals surface area (Å²) in [4.78, 5) is 14.6. The molecule has 1 atom stereocenters. The van der Waals surface area contributed by atoms with E-state index in [2.05, 4.69) is 27.7 Å². The molecule has 0 aliphatic heterocycles. The maximum absolute atomic E-state index is 14.1. The lowest BCUT2D eigenvalue weighted by molar-refractivity contribution is -0.116. The molecule has 0 saturated carbocycles. The lowest BCUT2D eigenvalue weighted by atomic mass is 9.97. The first-order valence-electron chi connectivity index (χ1n) is 12.7. The molecule has 6 nitrogen and oxygen atoms in total. The van der Waals surface area contributed by atoms with Gasteiger partial charge in [0.2, 0.25) is 5.91 Å². The first kappa shape index (κ1) is 26.4. The summed E-state index contributed by atoms with van der Waals surface area (Å²) in [5, 5.41) is 15.2. The minimum atomic E-state index is -0.873. The van der Waals surface area contributed by atoms with Gasteiger partial charge in [0.05, 0.1) is 12.2 Å². The molecule has 3 aromatic rings. The van der Waals surface area contributed by atoms with Crippen molar-refractivity contribution in [2.45, 2.75) is 83.6 Å². The van der Waals surface area contributed by atoms with Crippen LogP contribution >= 0.6 is 0 Å². The van der Waals surface area contributed by atoms with Crippen LogP contribution in [0.3, 0.4) is 0 Å². The smallest absolute Gasteiger partial charge is 0.239 e. The molecule has 0 radical (unpaired) electrons. The maximum atomic E-state index is 14.1. The average Bonchev–Trinajstić information content (AvgIpc) is 3.31. The van der Waals surface area contributed by atoms with E-state index in [0.717, 1.165) is 25.0 Å². The third-order valence-corrected chi connectivity index (χ3v) is 6.02. The number of tetrazole rings is 1. The van der Waals surface area contributed by atoms with Crippen molar-refractivity contribution in [3.8, 4) is 0 Å². The predicted octanol–water partition coefficient (Wildman–Crippen LogP) is 6.64. The minimum Gasteiger partial charge on any atom is -0.323 e. The van der Waals surface area contributed by atoms with E-state index in [-0.39, 0.29) is 11.5 Å². The van der Waals surface area contributed by atoms with Gasteiger partial charge in [0.25, 0.3) is 0 Å². The van der Waals surface area contributed by atoms with Crippen LogP contribution in [-0.2, 0) is 11.3 Å². The lowest BCUT2D eigenvalue weighted by Crippen LogP contribution is -2.24. The van der Waals surface area contributed by atoms with Crippen LogP contribution in [0.2, 0.25) is 0 Å². The summed E-state index contributed by atoms with van der Waals surface area (Å²) in [6, 6.07) is 12.0. The number of aromatic nitrogens is 4. The van der Waals surface area contributed by atoms with Gasteiger partial charge in [-0.1, -0.05) is 95.0 Å². The van der Waals surface area contributed by atoms with Crippen molar-refractivity contribution in [3.63, 3.8) is 0 Å². The molecule has 35 heavy (non-hydrogen) atoms. The molecule has 0 unspecified atom stereocenters. The second kappa shape index (κ2) is 14.3. The van der Waals surface area contributed by atoms with Crippen LogP contribution in [0.25, 0.3) is 0 Å². The summed E-state index contributed by atoms with van der Waals surface area (Å²) in [5.74, 6) is -2.70. The number of carbonyl (C=O) groups excluding carboxylic acids is 1. The van der Waals surface area contributed by atoms with Gasteiger partial charge in [-0.25, -0.2) is 8.78 Å². The molecule has 1 heterocycles. The molecule has 3 rings (SSSR count). The largest absolute Gasteiger partial charge is 0.323 e. The first-order valence-corrected chi connectivity index (χ1v) is 12.7. The fraction of sp³-hybridized carbons (Fsp3) is 0.481. The Bertz CT molecular complexity index is 1040. The number of amides is 1. The van der Waals surface area contributed by atoms with Gasteiger partial charge in [0.15, 0.2) is 5.82 Å². The maximum Gasteiger partial charge on any atom is 0.239 e. The molecule has 0 aliphatic rings. The lowest BCUT2D eigenvalue weighted by Gasteiger charge is -2.14. The second-order valence-electron chi connectivity index (χ2n) is 8.88. The van der Waals surface area contributed by atoms with E-state index >= 15 is 0 Å². The summed E-state index contributed by atoms with van der Waals surface area (Å²) >= 11 is 0. The normalized spacial score (nSPS) is 12.0. The van der Waals surface area contributed by atoms with Crippen LogP contribution < -0.4 is 5.32 Å². The van der Waals surface area contributed by atoms with Crippen molar-refractivity contribution >= 4 is 11.6 Å². The number of aryl methyl sites for hydroxylation is 1. The van der Waals surface area contributed by atoms with Crippen LogP contribution in [-0.4, -0.2) is 26.1 Å². The number of hydrogen-bond acceptors (Lipinski definition) is 4. The highest BCUT2D eigenvalue weighted by molar-refractivity contribution is 5.97. The summed E-state index contributed by atoms with van der Waals surface area (Å²) in [5.41, 5.74) is 0.557. The molecule has 2 aromatic carbocycles. The Kier molecular flexibility index (Phi) is 10.8. The molecule has 8 heteroatoms. The van der Waals surface area contributed by atoms with Crippen molar-refractivity contribution in [2.24, 2.45) is 0 Å². The summed E-state index contributed by atoms with van der Waals surface area (Å²) in [7, 11) is 0. The van der Waals surface area contributed by atoms with Crippen LogP contribution in [0, 0.1) is 11.6 Å².